The molecule has 0 unspecified atom stereocenters. The summed E-state index contributed by atoms with van der Waals surface area (Å²) in [5.74, 6) is 0. The second-order valence-corrected chi connectivity index (χ2v) is 10.9. The van der Waals surface area contributed by atoms with Gasteiger partial charge in [-0.05, 0) is 47.0 Å². The summed E-state index contributed by atoms with van der Waals surface area (Å²) in [7, 11) is 0. The summed E-state index contributed by atoms with van der Waals surface area (Å²) >= 11 is 6.64. The fourth-order valence-corrected chi connectivity index (χ4v) is 5.00. The third-order valence-electron chi connectivity index (χ3n) is 5.13. The molecule has 1 aromatic carbocycles. The first-order chi connectivity index (χ1) is 16.5. The number of thiophene rings is 2. The second kappa shape index (κ2) is 14.1. The molecule has 6 nitrogen and oxygen atoms in total. The first-order valence-electron chi connectivity index (χ1n) is 11.3. The van der Waals surface area contributed by atoms with Gasteiger partial charge in [0.15, 0.2) is 0 Å². The number of urea groups is 1. The van der Waals surface area contributed by atoms with Crippen LogP contribution < -0.4 is 10.6 Å². The molecule has 0 saturated carbocycles. The van der Waals surface area contributed by atoms with E-state index in [0.29, 0.717) is 19.6 Å². The fraction of sp³-hybridized carbons (Fsp3) is 0.360. The zero-order valence-electron chi connectivity index (χ0n) is 19.2. The molecule has 2 heterocycles. The van der Waals surface area contributed by atoms with Crippen molar-refractivity contribution < 1.29 is 14.3 Å². The van der Waals surface area contributed by atoms with Gasteiger partial charge in [-0.25, -0.2) is 9.59 Å². The predicted octanol–water partition coefficient (Wildman–Crippen LogP) is 6.77. The largest absolute Gasteiger partial charge is 0.447 e. The minimum Gasteiger partial charge on any atom is -0.447 e. The molecule has 1 atom stereocenters. The van der Waals surface area contributed by atoms with Crippen LogP contribution in [0.15, 0.2) is 63.8 Å². The minimum atomic E-state index is -0.375. The summed E-state index contributed by atoms with van der Waals surface area (Å²) in [5.41, 5.74) is 1.01. The maximum Gasteiger partial charge on any atom is 0.410 e. The van der Waals surface area contributed by atoms with Gasteiger partial charge in [0.05, 0.1) is 19.1 Å². The lowest BCUT2D eigenvalue weighted by molar-refractivity contribution is 0.0880. The Labute approximate surface area is 217 Å². The van der Waals surface area contributed by atoms with Crippen LogP contribution in [-0.4, -0.2) is 29.7 Å². The number of carbonyl (C=O) groups excluding carboxylic acids is 2. The Morgan fingerprint density at radius 1 is 1.03 bits per heavy atom. The minimum absolute atomic E-state index is 0.135. The molecule has 3 aromatic rings. The third kappa shape index (κ3) is 9.12. The molecule has 9 heteroatoms. The standard InChI is InChI=1S/C25H30BrN3O3S2/c1-2-3-6-21(28-24(30)27-15-19-9-11-20(26)12-10-19)18-32-25(31)29(16-22-7-4-13-33-22)17-23-8-5-14-34-23/h4-5,7-14,21H,2-3,6,15-18H2,1H3,(H2,27,28,30)/t21-/m1/s1. The smallest absolute Gasteiger partial charge is 0.410 e. The van der Waals surface area contributed by atoms with Gasteiger partial charge in [-0.3, -0.25) is 4.90 Å². The molecule has 0 saturated heterocycles. The van der Waals surface area contributed by atoms with Crippen LogP contribution in [0.3, 0.4) is 0 Å². The van der Waals surface area contributed by atoms with Crippen molar-refractivity contribution in [3.63, 3.8) is 0 Å². The molecule has 0 aliphatic carbocycles. The average molecular weight is 565 g/mol. The number of hydrogen-bond donors (Lipinski definition) is 2. The SMILES string of the molecule is CCCC[C@H](COC(=O)N(Cc1cccs1)Cc1cccs1)NC(=O)NCc1ccc(Br)cc1. The maximum atomic E-state index is 13.0. The molecule has 0 aliphatic heterocycles. The first kappa shape index (κ1) is 26.2. The molecule has 2 N–H and O–H groups in total. The number of rotatable bonds is 12. The Morgan fingerprint density at radius 2 is 1.68 bits per heavy atom. The normalized spacial score (nSPS) is 11.6. The van der Waals surface area contributed by atoms with Crippen LogP contribution in [0.2, 0.25) is 0 Å². The van der Waals surface area contributed by atoms with E-state index in [2.05, 4.69) is 33.5 Å². The fourth-order valence-electron chi connectivity index (χ4n) is 3.30. The number of nitrogens with zero attached hydrogens (tertiary/aromatic N) is 1. The first-order valence-corrected chi connectivity index (χ1v) is 13.8. The quantitative estimate of drug-likeness (QED) is 0.255. The highest BCUT2D eigenvalue weighted by Crippen LogP contribution is 2.18. The van der Waals surface area contributed by atoms with Crippen LogP contribution >= 0.6 is 38.6 Å². The van der Waals surface area contributed by atoms with E-state index in [9.17, 15) is 9.59 Å². The highest BCUT2D eigenvalue weighted by atomic mass is 79.9. The summed E-state index contributed by atoms with van der Waals surface area (Å²) in [6, 6.07) is 15.3. The number of halogens is 1. The maximum absolute atomic E-state index is 13.0. The van der Waals surface area contributed by atoms with Gasteiger partial charge in [-0.15, -0.1) is 22.7 Å². The monoisotopic (exact) mass is 563 g/mol. The molecule has 0 bridgehead atoms. The molecule has 2 aromatic heterocycles. The summed E-state index contributed by atoms with van der Waals surface area (Å²) < 4.78 is 6.68. The highest BCUT2D eigenvalue weighted by Gasteiger charge is 2.20. The Kier molecular flexibility index (Phi) is 10.9. The van der Waals surface area contributed by atoms with Gasteiger partial charge in [0.25, 0.3) is 0 Å². The van der Waals surface area contributed by atoms with Gasteiger partial charge >= 0.3 is 12.1 Å². The van der Waals surface area contributed by atoms with Crippen molar-refractivity contribution in [1.82, 2.24) is 15.5 Å². The van der Waals surface area contributed by atoms with Crippen molar-refractivity contribution >= 4 is 50.7 Å². The van der Waals surface area contributed by atoms with Crippen LogP contribution in [-0.2, 0) is 24.4 Å². The highest BCUT2D eigenvalue weighted by molar-refractivity contribution is 9.10. The van der Waals surface area contributed by atoms with E-state index >= 15 is 0 Å². The van der Waals surface area contributed by atoms with Crippen LogP contribution in [0.1, 0.15) is 41.5 Å². The van der Waals surface area contributed by atoms with E-state index < -0.39 is 0 Å². The van der Waals surface area contributed by atoms with Crippen LogP contribution in [0.5, 0.6) is 0 Å². The van der Waals surface area contributed by atoms with Crippen molar-refractivity contribution in [3.8, 4) is 0 Å². The number of hydrogen-bond acceptors (Lipinski definition) is 5. The van der Waals surface area contributed by atoms with E-state index in [0.717, 1.165) is 39.1 Å². The molecule has 34 heavy (non-hydrogen) atoms. The number of nitrogens with one attached hydrogen (secondary N) is 2. The topological polar surface area (TPSA) is 70.7 Å². The molecule has 182 valence electrons. The Bertz CT molecular complexity index is 959. The second-order valence-electron chi connectivity index (χ2n) is 7.88. The lowest BCUT2D eigenvalue weighted by Crippen LogP contribution is -2.45. The van der Waals surface area contributed by atoms with Gasteiger partial charge in [0, 0.05) is 20.8 Å². The van der Waals surface area contributed by atoms with E-state index in [1.807, 2.05) is 59.3 Å². The van der Waals surface area contributed by atoms with Gasteiger partial charge in [-0.1, -0.05) is 60.0 Å². The van der Waals surface area contributed by atoms with Crippen molar-refractivity contribution in [2.75, 3.05) is 6.61 Å². The Hall–Kier alpha value is -2.36. The zero-order chi connectivity index (χ0) is 24.2. The summed E-state index contributed by atoms with van der Waals surface area (Å²) in [6.07, 6.45) is 2.30. The van der Waals surface area contributed by atoms with Gasteiger partial charge < -0.3 is 15.4 Å². The van der Waals surface area contributed by atoms with Gasteiger partial charge in [-0.2, -0.15) is 0 Å². The molecule has 0 aliphatic rings. The molecule has 0 radical (unpaired) electrons. The Balaban J connectivity index is 1.53. The molecule has 0 spiro atoms. The van der Waals surface area contributed by atoms with Gasteiger partial charge in [0.1, 0.15) is 6.61 Å². The molecular weight excluding hydrogens is 534 g/mol. The molecule has 3 rings (SSSR count). The van der Waals surface area contributed by atoms with Crippen molar-refractivity contribution in [1.29, 1.82) is 0 Å². The lowest BCUT2D eigenvalue weighted by Gasteiger charge is -2.24. The van der Waals surface area contributed by atoms with Crippen molar-refractivity contribution in [2.24, 2.45) is 0 Å². The molecule has 3 amide bonds. The number of unbranched alkanes of at least 4 members (excludes halogenated alkanes) is 1. The molecule has 0 fully saturated rings. The van der Waals surface area contributed by atoms with E-state index in [1.165, 1.54) is 0 Å². The van der Waals surface area contributed by atoms with Crippen LogP contribution in [0, 0.1) is 0 Å². The van der Waals surface area contributed by atoms with Crippen molar-refractivity contribution in [3.05, 3.63) is 79.1 Å². The number of ether oxygens (including phenoxy) is 1. The number of benzene rings is 1. The van der Waals surface area contributed by atoms with E-state index in [-0.39, 0.29) is 24.8 Å². The van der Waals surface area contributed by atoms with Crippen molar-refractivity contribution in [2.45, 2.75) is 51.9 Å². The van der Waals surface area contributed by atoms with E-state index in [1.54, 1.807) is 27.6 Å². The summed E-state index contributed by atoms with van der Waals surface area (Å²) in [5, 5.41) is 9.85. The molecular formula is C25H30BrN3O3S2. The van der Waals surface area contributed by atoms with Crippen LogP contribution in [0.25, 0.3) is 0 Å². The van der Waals surface area contributed by atoms with Gasteiger partial charge in [0.2, 0.25) is 0 Å². The summed E-state index contributed by atoms with van der Waals surface area (Å²) in [4.78, 5) is 29.4. The predicted molar refractivity (Wildman–Crippen MR) is 142 cm³/mol. The Morgan fingerprint density at radius 3 is 2.24 bits per heavy atom. The third-order valence-corrected chi connectivity index (χ3v) is 7.38. The lowest BCUT2D eigenvalue weighted by atomic mass is 10.1. The number of amides is 3. The zero-order valence-corrected chi connectivity index (χ0v) is 22.4. The van der Waals surface area contributed by atoms with Crippen LogP contribution in [0.4, 0.5) is 9.59 Å². The number of carbonyl (C=O) groups is 2. The van der Waals surface area contributed by atoms with E-state index in [4.69, 9.17) is 4.74 Å². The summed E-state index contributed by atoms with van der Waals surface area (Å²) in [6.45, 7) is 3.65. The average Bonchev–Trinajstić information content (AvgIpc) is 3.54.